The molecule has 4 aromatic rings. The minimum Gasteiger partial charge on any atom is -0.396 e. The summed E-state index contributed by atoms with van der Waals surface area (Å²) in [6, 6.07) is 24.0. The number of nitrogens with two attached hydrogens (primary N) is 1. The van der Waals surface area contributed by atoms with Crippen LogP contribution >= 0.6 is 0 Å². The highest BCUT2D eigenvalue weighted by atomic mass is 16.5. The van der Waals surface area contributed by atoms with Crippen molar-refractivity contribution < 1.29 is 9.76 Å². The van der Waals surface area contributed by atoms with Gasteiger partial charge in [0.15, 0.2) is 5.84 Å². The van der Waals surface area contributed by atoms with Gasteiger partial charge in [-0.25, -0.2) is 15.0 Å². The van der Waals surface area contributed by atoms with E-state index in [1.807, 2.05) is 70.8 Å². The molecule has 0 saturated carbocycles. The van der Waals surface area contributed by atoms with Gasteiger partial charge in [0.1, 0.15) is 29.3 Å². The van der Waals surface area contributed by atoms with Crippen LogP contribution in [0.25, 0.3) is 10.8 Å². The smallest absolute Gasteiger partial charge is 0.396 e. The van der Waals surface area contributed by atoms with Crippen molar-refractivity contribution in [3.05, 3.63) is 95.1 Å². The van der Waals surface area contributed by atoms with E-state index in [9.17, 15) is 5.11 Å². The van der Waals surface area contributed by atoms with Crippen LogP contribution in [-0.2, 0) is 4.65 Å². The fraction of sp³-hybridized carbons (Fsp3) is 0.194. The Morgan fingerprint density at radius 3 is 2.54 bits per heavy atom. The minimum absolute atomic E-state index is 0.0611. The predicted molar refractivity (Wildman–Crippen MR) is 164 cm³/mol. The van der Waals surface area contributed by atoms with Gasteiger partial charge in [0.25, 0.3) is 0 Å². The highest BCUT2D eigenvalue weighted by Crippen LogP contribution is 2.41. The minimum atomic E-state index is -0.643. The molecule has 0 spiro atoms. The van der Waals surface area contributed by atoms with Crippen molar-refractivity contribution in [3.63, 3.8) is 0 Å². The van der Waals surface area contributed by atoms with Crippen LogP contribution in [0.2, 0.25) is 0 Å². The number of benzene rings is 3. The quantitative estimate of drug-likeness (QED) is 0.197. The summed E-state index contributed by atoms with van der Waals surface area (Å²) >= 11 is 0. The highest BCUT2D eigenvalue weighted by Gasteiger charge is 2.47. The second-order valence-electron chi connectivity index (χ2n) is 9.92. The first-order valence-electron chi connectivity index (χ1n) is 13.7. The standard InChI is InChI=1S/C31H28BN7O2/c1-2-9-26-20-10-3-5-12-22(20)28(35-26)36-29-24-14-7-8-15-25(24)31-37-30-23-13-6-4-11-21(23)27(33)38(30)32(39(29)31)41-19-17-34-16-18-40/h3-8,10-15,26,34,40H,16-19,33H2,1H3/b36-29-. The lowest BCUT2D eigenvalue weighted by molar-refractivity contribution is 0.268. The molecule has 1 aromatic heterocycles. The van der Waals surface area contributed by atoms with E-state index in [4.69, 9.17) is 25.4 Å². The average Bonchev–Trinajstić information content (AvgIpc) is 3.62. The van der Waals surface area contributed by atoms with E-state index < -0.39 is 7.19 Å². The number of rotatable bonds is 6. The second-order valence-corrected chi connectivity index (χ2v) is 9.92. The van der Waals surface area contributed by atoms with Crippen molar-refractivity contribution in [1.82, 2.24) is 14.6 Å². The van der Waals surface area contributed by atoms with Gasteiger partial charge >= 0.3 is 7.19 Å². The zero-order valence-electron chi connectivity index (χ0n) is 22.6. The van der Waals surface area contributed by atoms with E-state index in [0.717, 1.165) is 44.7 Å². The fourth-order valence-corrected chi connectivity index (χ4v) is 5.73. The molecular weight excluding hydrogens is 513 g/mol. The lowest BCUT2D eigenvalue weighted by Crippen LogP contribution is -2.54. The van der Waals surface area contributed by atoms with Gasteiger partial charge in [0.2, 0.25) is 0 Å². The summed E-state index contributed by atoms with van der Waals surface area (Å²) in [7, 11) is -0.643. The summed E-state index contributed by atoms with van der Waals surface area (Å²) < 4.78 is 8.52. The molecule has 0 fully saturated rings. The van der Waals surface area contributed by atoms with Crippen LogP contribution in [0.3, 0.4) is 0 Å². The summed E-state index contributed by atoms with van der Waals surface area (Å²) in [6.07, 6.45) is 0. The largest absolute Gasteiger partial charge is 0.562 e. The maximum absolute atomic E-state index is 9.19. The number of anilines is 1. The first kappa shape index (κ1) is 25.3. The van der Waals surface area contributed by atoms with Gasteiger partial charge in [-0.1, -0.05) is 78.7 Å². The topological polar surface area (TPSA) is 113 Å². The van der Waals surface area contributed by atoms with Crippen LogP contribution in [0, 0.1) is 11.8 Å². The molecule has 0 amide bonds. The molecular formula is C31H28BN7O2. The Hall–Kier alpha value is -4.69. The zero-order valence-corrected chi connectivity index (χ0v) is 22.6. The lowest BCUT2D eigenvalue weighted by atomic mass is 9.94. The first-order chi connectivity index (χ1) is 20.2. The molecule has 4 N–H and O–H groups in total. The second kappa shape index (κ2) is 10.4. The summed E-state index contributed by atoms with van der Waals surface area (Å²) in [5, 5.41) is 14.3. The molecule has 202 valence electrons. The average molecular weight is 541 g/mol. The number of hydrogen-bond acceptors (Lipinski definition) is 7. The zero-order chi connectivity index (χ0) is 27.9. The Kier molecular flexibility index (Phi) is 6.40. The molecule has 0 radical (unpaired) electrons. The van der Waals surface area contributed by atoms with E-state index in [2.05, 4.69) is 35.4 Å². The maximum Gasteiger partial charge on any atom is 0.562 e. The first-order valence-corrected chi connectivity index (χ1v) is 13.7. The third kappa shape index (κ3) is 4.06. The van der Waals surface area contributed by atoms with Gasteiger partial charge < -0.3 is 30.1 Å². The van der Waals surface area contributed by atoms with Crippen LogP contribution in [0.5, 0.6) is 0 Å². The monoisotopic (exact) mass is 541 g/mol. The molecule has 41 heavy (non-hydrogen) atoms. The number of hydrogen-bond donors (Lipinski definition) is 3. The summed E-state index contributed by atoms with van der Waals surface area (Å²) in [6.45, 7) is 3.32. The third-order valence-corrected chi connectivity index (χ3v) is 7.53. The highest BCUT2D eigenvalue weighted by molar-refractivity contribution is 6.61. The molecule has 0 bridgehead atoms. The molecule has 1 unspecified atom stereocenters. The van der Waals surface area contributed by atoms with Crippen molar-refractivity contribution >= 4 is 47.1 Å². The van der Waals surface area contributed by atoms with Gasteiger partial charge in [0.05, 0.1) is 6.61 Å². The third-order valence-electron chi connectivity index (χ3n) is 7.53. The van der Waals surface area contributed by atoms with Crippen molar-refractivity contribution in [3.8, 4) is 11.8 Å². The number of fused-ring (bicyclic) bond motifs is 7. The number of aromatic nitrogens is 1. The number of nitrogens with one attached hydrogen (secondary N) is 1. The van der Waals surface area contributed by atoms with Gasteiger partial charge in [0, 0.05) is 47.2 Å². The van der Waals surface area contributed by atoms with Crippen LogP contribution in [0.1, 0.15) is 35.2 Å². The van der Waals surface area contributed by atoms with Crippen LogP contribution in [-0.4, -0.2) is 65.4 Å². The van der Waals surface area contributed by atoms with Crippen molar-refractivity contribution in [2.45, 2.75) is 13.0 Å². The fourth-order valence-electron chi connectivity index (χ4n) is 5.73. The van der Waals surface area contributed by atoms with Crippen LogP contribution in [0.4, 0.5) is 11.6 Å². The normalized spacial score (nSPS) is 17.5. The van der Waals surface area contributed by atoms with E-state index in [-0.39, 0.29) is 12.6 Å². The molecule has 7 rings (SSSR count). The van der Waals surface area contributed by atoms with Crippen LogP contribution in [0.15, 0.2) is 87.8 Å². The van der Waals surface area contributed by atoms with Gasteiger partial charge in [-0.2, -0.15) is 0 Å². The molecule has 0 aliphatic carbocycles. The molecule has 1 atom stereocenters. The molecule has 0 saturated heterocycles. The number of aliphatic imine (C=N–C) groups is 3. The molecule has 3 aromatic carbocycles. The van der Waals surface area contributed by atoms with E-state index in [1.165, 1.54) is 0 Å². The van der Waals surface area contributed by atoms with Gasteiger partial charge in [-0.05, 0) is 12.5 Å². The lowest BCUT2D eigenvalue weighted by Gasteiger charge is -2.32. The maximum atomic E-state index is 9.19. The number of aliphatic hydroxyl groups excluding tert-OH is 1. The SMILES string of the molecule is CC#CC1N=C(/N=C2/c3ccccc3C3=Nc4c5ccccc5c(N)n4B(OCCNCCO)N32)c2ccccc21. The number of nitrogen functional groups attached to an aromatic ring is 1. The predicted octanol–water partition coefficient (Wildman–Crippen LogP) is 3.33. The van der Waals surface area contributed by atoms with E-state index in [0.29, 0.717) is 37.2 Å². The molecule has 9 nitrogen and oxygen atoms in total. The van der Waals surface area contributed by atoms with E-state index >= 15 is 0 Å². The summed E-state index contributed by atoms with van der Waals surface area (Å²) in [5.74, 6) is 9.59. The summed E-state index contributed by atoms with van der Waals surface area (Å²) in [5.41, 5.74) is 10.7. The number of aliphatic hydroxyl groups is 1. The molecule has 3 aliphatic heterocycles. The Morgan fingerprint density at radius 1 is 1.00 bits per heavy atom. The number of amidine groups is 3. The Balaban J connectivity index is 1.41. The molecule has 10 heteroatoms. The Morgan fingerprint density at radius 2 is 1.73 bits per heavy atom. The molecule has 3 aliphatic rings. The van der Waals surface area contributed by atoms with Gasteiger partial charge in [-0.3, -0.25) is 0 Å². The van der Waals surface area contributed by atoms with Crippen molar-refractivity contribution in [1.29, 1.82) is 0 Å². The Labute approximate surface area is 238 Å². The number of nitrogens with zero attached hydrogens (tertiary/aromatic N) is 5. The van der Waals surface area contributed by atoms with Crippen molar-refractivity contribution in [2.75, 3.05) is 32.0 Å². The Bertz CT molecular complexity index is 1830. The van der Waals surface area contributed by atoms with E-state index in [1.54, 1.807) is 0 Å². The molecule has 4 heterocycles. The van der Waals surface area contributed by atoms with Crippen LogP contribution < -0.4 is 11.1 Å². The summed E-state index contributed by atoms with van der Waals surface area (Å²) in [4.78, 5) is 17.3. The van der Waals surface area contributed by atoms with Crippen molar-refractivity contribution in [2.24, 2.45) is 15.0 Å². The van der Waals surface area contributed by atoms with Gasteiger partial charge in [-0.15, -0.1) is 5.92 Å².